The van der Waals surface area contributed by atoms with Gasteiger partial charge in [0.25, 0.3) is 5.91 Å². The van der Waals surface area contributed by atoms with Gasteiger partial charge in [-0.2, -0.15) is 0 Å². The van der Waals surface area contributed by atoms with Gasteiger partial charge in [0, 0.05) is 14.7 Å². The lowest BCUT2D eigenvalue weighted by Crippen LogP contribution is -2.21. The Morgan fingerprint density at radius 3 is 2.89 bits per heavy atom. The van der Waals surface area contributed by atoms with E-state index in [-0.39, 0.29) is 12.2 Å². The van der Waals surface area contributed by atoms with Gasteiger partial charge in [0.1, 0.15) is 16.1 Å². The van der Waals surface area contributed by atoms with Crippen molar-refractivity contribution in [2.75, 3.05) is 11.9 Å². The number of amides is 1. The van der Waals surface area contributed by atoms with Crippen molar-refractivity contribution in [3.63, 3.8) is 0 Å². The number of halogens is 1. The van der Waals surface area contributed by atoms with Gasteiger partial charge in [-0.1, -0.05) is 15.9 Å². The Labute approximate surface area is 172 Å². The summed E-state index contributed by atoms with van der Waals surface area (Å²) in [5.41, 5.74) is 0.893. The minimum atomic E-state index is -0.728. The number of hydrogen-bond donors (Lipinski definition) is 1. The molecule has 1 aliphatic carbocycles. The molecule has 1 N–H and O–H groups in total. The second-order valence-corrected chi connectivity index (χ2v) is 8.39. The van der Waals surface area contributed by atoms with Crippen molar-refractivity contribution in [3.8, 4) is 0 Å². The molecule has 1 aliphatic rings. The van der Waals surface area contributed by atoms with E-state index in [1.165, 1.54) is 17.4 Å². The van der Waals surface area contributed by atoms with E-state index in [4.69, 9.17) is 9.15 Å². The molecule has 1 aromatic carbocycles. The van der Waals surface area contributed by atoms with Crippen molar-refractivity contribution < 1.29 is 18.7 Å². The summed E-state index contributed by atoms with van der Waals surface area (Å²) in [6, 6.07) is 6.67. The number of benzene rings is 1. The number of fused-ring (bicyclic) bond motifs is 2. The molecule has 1 amide bonds. The molecule has 28 heavy (non-hydrogen) atoms. The van der Waals surface area contributed by atoms with E-state index in [1.807, 2.05) is 0 Å². The van der Waals surface area contributed by atoms with Crippen LogP contribution in [0.2, 0.25) is 0 Å². The average molecular weight is 462 g/mol. The Morgan fingerprint density at radius 2 is 2.11 bits per heavy atom. The van der Waals surface area contributed by atoms with Crippen LogP contribution in [0.15, 0.2) is 37.9 Å². The summed E-state index contributed by atoms with van der Waals surface area (Å²) in [7, 11) is 0. The highest BCUT2D eigenvalue weighted by molar-refractivity contribution is 9.10. The van der Waals surface area contributed by atoms with E-state index >= 15 is 0 Å². The molecule has 3 aromatic rings. The Hall–Kier alpha value is -2.45. The zero-order chi connectivity index (χ0) is 19.8. The van der Waals surface area contributed by atoms with Crippen molar-refractivity contribution in [3.05, 3.63) is 60.7 Å². The quantitative estimate of drug-likeness (QED) is 0.455. The molecule has 0 saturated heterocycles. The summed E-state index contributed by atoms with van der Waals surface area (Å²) >= 11 is 4.73. The molecule has 8 heteroatoms. The fourth-order valence-electron chi connectivity index (χ4n) is 3.33. The lowest BCUT2D eigenvalue weighted by molar-refractivity contribution is 0.0527. The molecular weight excluding hydrogens is 446 g/mol. The number of esters is 1. The van der Waals surface area contributed by atoms with Crippen LogP contribution < -0.4 is 10.9 Å². The van der Waals surface area contributed by atoms with E-state index in [1.54, 1.807) is 25.1 Å². The molecule has 2 aromatic heterocycles. The maximum Gasteiger partial charge on any atom is 0.349 e. The van der Waals surface area contributed by atoms with Crippen molar-refractivity contribution in [2.45, 2.75) is 26.2 Å². The topological polar surface area (TPSA) is 85.6 Å². The van der Waals surface area contributed by atoms with Gasteiger partial charge in [0.05, 0.1) is 12.2 Å². The highest BCUT2D eigenvalue weighted by atomic mass is 79.9. The summed E-state index contributed by atoms with van der Waals surface area (Å²) in [6.45, 7) is 1.99. The molecule has 0 radical (unpaired) electrons. The van der Waals surface area contributed by atoms with E-state index in [2.05, 4.69) is 21.2 Å². The van der Waals surface area contributed by atoms with Crippen molar-refractivity contribution in [2.24, 2.45) is 0 Å². The third-order valence-corrected chi connectivity index (χ3v) is 6.27. The number of anilines is 1. The van der Waals surface area contributed by atoms with Gasteiger partial charge >= 0.3 is 11.6 Å². The fraction of sp³-hybridized carbons (Fsp3) is 0.250. The molecule has 2 heterocycles. The highest BCUT2D eigenvalue weighted by Gasteiger charge is 2.29. The number of hydrogen-bond acceptors (Lipinski definition) is 6. The first kappa shape index (κ1) is 18.9. The molecule has 0 atom stereocenters. The van der Waals surface area contributed by atoms with Gasteiger partial charge in [-0.15, -0.1) is 11.3 Å². The standard InChI is InChI=1S/C20H16BrNO5S/c1-2-26-20(25)16-12-4-3-5-15(12)28-18(16)22-17(23)13-9-10-8-11(21)6-7-14(10)27-19(13)24/h6-9H,2-5H2,1H3,(H,22,23). The van der Waals surface area contributed by atoms with Gasteiger partial charge in [0.2, 0.25) is 0 Å². The van der Waals surface area contributed by atoms with E-state index in [9.17, 15) is 14.4 Å². The minimum absolute atomic E-state index is 0.117. The Morgan fingerprint density at radius 1 is 1.29 bits per heavy atom. The largest absolute Gasteiger partial charge is 0.462 e. The predicted octanol–water partition coefficient (Wildman–Crippen LogP) is 4.53. The van der Waals surface area contributed by atoms with E-state index in [0.29, 0.717) is 21.5 Å². The van der Waals surface area contributed by atoms with Crippen molar-refractivity contribution >= 4 is 55.1 Å². The van der Waals surface area contributed by atoms with Crippen LogP contribution in [0.1, 0.15) is 44.5 Å². The number of rotatable bonds is 4. The summed E-state index contributed by atoms with van der Waals surface area (Å²) in [5.74, 6) is -1.06. The summed E-state index contributed by atoms with van der Waals surface area (Å²) in [4.78, 5) is 38.6. The first-order valence-electron chi connectivity index (χ1n) is 8.84. The van der Waals surface area contributed by atoms with Gasteiger partial charge in [-0.25, -0.2) is 9.59 Å². The molecule has 0 unspecified atom stereocenters. The maximum absolute atomic E-state index is 12.8. The normalized spacial score (nSPS) is 12.8. The Balaban J connectivity index is 1.71. The van der Waals surface area contributed by atoms with Crippen LogP contribution in [-0.4, -0.2) is 18.5 Å². The Bertz CT molecular complexity index is 1160. The third-order valence-electron chi connectivity index (χ3n) is 4.57. The average Bonchev–Trinajstić information content (AvgIpc) is 3.22. The van der Waals surface area contributed by atoms with Crippen molar-refractivity contribution in [1.29, 1.82) is 0 Å². The third kappa shape index (κ3) is 3.38. The van der Waals surface area contributed by atoms with Gasteiger partial charge < -0.3 is 14.5 Å². The zero-order valence-electron chi connectivity index (χ0n) is 15.0. The van der Waals surface area contributed by atoms with E-state index in [0.717, 1.165) is 34.2 Å². The number of aryl methyl sites for hydroxylation is 1. The number of nitrogens with one attached hydrogen (secondary N) is 1. The van der Waals surface area contributed by atoms with Crippen LogP contribution in [0.25, 0.3) is 11.0 Å². The Kier molecular flexibility index (Phi) is 5.07. The number of thiophene rings is 1. The maximum atomic E-state index is 12.8. The second kappa shape index (κ2) is 7.52. The van der Waals surface area contributed by atoms with Gasteiger partial charge in [-0.3, -0.25) is 4.79 Å². The first-order valence-corrected chi connectivity index (χ1v) is 10.4. The fourth-order valence-corrected chi connectivity index (χ4v) is 4.99. The van der Waals surface area contributed by atoms with Gasteiger partial charge in [-0.05, 0) is 56.0 Å². The first-order chi connectivity index (χ1) is 13.5. The van der Waals surface area contributed by atoms with E-state index < -0.39 is 17.5 Å². The molecular formula is C20H16BrNO5S. The molecule has 0 saturated carbocycles. The number of carbonyl (C=O) groups is 2. The second-order valence-electron chi connectivity index (χ2n) is 6.37. The minimum Gasteiger partial charge on any atom is -0.462 e. The predicted molar refractivity (Wildman–Crippen MR) is 110 cm³/mol. The summed E-state index contributed by atoms with van der Waals surface area (Å²) in [5, 5.41) is 3.76. The smallest absolute Gasteiger partial charge is 0.349 e. The zero-order valence-corrected chi connectivity index (χ0v) is 17.4. The SMILES string of the molecule is CCOC(=O)c1c(NC(=O)c2cc3cc(Br)ccc3oc2=O)sc2c1CCC2. The van der Waals surface area contributed by atoms with Crippen LogP contribution in [0.5, 0.6) is 0 Å². The molecule has 0 aliphatic heterocycles. The summed E-state index contributed by atoms with van der Waals surface area (Å²) in [6.07, 6.45) is 2.63. The summed E-state index contributed by atoms with van der Waals surface area (Å²) < 4.78 is 11.2. The molecule has 144 valence electrons. The van der Waals surface area contributed by atoms with Crippen molar-refractivity contribution in [1.82, 2.24) is 0 Å². The van der Waals surface area contributed by atoms with Crippen LogP contribution in [0, 0.1) is 0 Å². The number of ether oxygens (including phenoxy) is 1. The number of carbonyl (C=O) groups excluding carboxylic acids is 2. The lowest BCUT2D eigenvalue weighted by Gasteiger charge is -2.08. The van der Waals surface area contributed by atoms with Crippen LogP contribution in [-0.2, 0) is 17.6 Å². The van der Waals surface area contributed by atoms with Crippen LogP contribution in [0.3, 0.4) is 0 Å². The molecule has 6 nitrogen and oxygen atoms in total. The van der Waals surface area contributed by atoms with Crippen LogP contribution >= 0.6 is 27.3 Å². The molecule has 0 spiro atoms. The lowest BCUT2D eigenvalue weighted by atomic mass is 10.1. The highest BCUT2D eigenvalue weighted by Crippen LogP contribution is 2.39. The van der Waals surface area contributed by atoms with Gasteiger partial charge in [0.15, 0.2) is 0 Å². The molecule has 0 fully saturated rings. The molecule has 0 bridgehead atoms. The van der Waals surface area contributed by atoms with Crippen LogP contribution in [0.4, 0.5) is 5.00 Å². The monoisotopic (exact) mass is 461 g/mol. The molecule has 4 rings (SSSR count).